The minimum absolute atomic E-state index is 0.124. The van der Waals surface area contributed by atoms with Gasteiger partial charge in [0.05, 0.1) is 11.3 Å². The summed E-state index contributed by atoms with van der Waals surface area (Å²) in [4.78, 5) is 11.9. The number of carbonyl (C=O) groups excluding carboxylic acids is 1. The van der Waals surface area contributed by atoms with Gasteiger partial charge in [0, 0.05) is 9.13 Å². The SMILES string of the molecule is O=C(NC(=S)Nc1ccc(I)cc1C(F)(F)F)c1ccc(F)cc1. The zero-order valence-corrected chi connectivity index (χ0v) is 14.7. The highest BCUT2D eigenvalue weighted by molar-refractivity contribution is 14.1. The van der Waals surface area contributed by atoms with Gasteiger partial charge in [-0.15, -0.1) is 0 Å². The van der Waals surface area contributed by atoms with Crippen LogP contribution in [0.1, 0.15) is 15.9 Å². The van der Waals surface area contributed by atoms with Crippen molar-refractivity contribution in [3.05, 3.63) is 63.0 Å². The predicted molar refractivity (Wildman–Crippen MR) is 94.2 cm³/mol. The Morgan fingerprint density at radius 1 is 1.08 bits per heavy atom. The fraction of sp³-hybridized carbons (Fsp3) is 0.0667. The molecule has 0 spiro atoms. The molecule has 0 bridgehead atoms. The van der Waals surface area contributed by atoms with Crippen LogP contribution in [0.3, 0.4) is 0 Å². The number of alkyl halides is 3. The van der Waals surface area contributed by atoms with E-state index in [1.807, 2.05) is 0 Å². The van der Waals surface area contributed by atoms with Gasteiger partial charge in [-0.2, -0.15) is 13.2 Å². The van der Waals surface area contributed by atoms with Gasteiger partial charge in [-0.1, -0.05) is 0 Å². The van der Waals surface area contributed by atoms with Crippen molar-refractivity contribution in [2.75, 3.05) is 5.32 Å². The first-order chi connectivity index (χ1) is 11.2. The molecule has 0 heterocycles. The molecule has 0 aliphatic rings. The third-order valence-corrected chi connectivity index (χ3v) is 3.74. The van der Waals surface area contributed by atoms with Gasteiger partial charge in [-0.25, -0.2) is 4.39 Å². The molecular formula is C15H9F4IN2OS. The molecule has 0 atom stereocenters. The Balaban J connectivity index is 2.13. The van der Waals surface area contributed by atoms with E-state index in [0.717, 1.165) is 18.2 Å². The normalized spacial score (nSPS) is 11.0. The molecule has 2 rings (SSSR count). The Hall–Kier alpha value is -1.75. The lowest BCUT2D eigenvalue weighted by Crippen LogP contribution is -2.34. The van der Waals surface area contributed by atoms with Crippen LogP contribution in [0.5, 0.6) is 0 Å². The van der Waals surface area contributed by atoms with Crippen molar-refractivity contribution in [2.45, 2.75) is 6.18 Å². The molecule has 0 saturated heterocycles. The summed E-state index contributed by atoms with van der Waals surface area (Å²) in [6.07, 6.45) is -4.57. The summed E-state index contributed by atoms with van der Waals surface area (Å²) in [5, 5.41) is 4.31. The van der Waals surface area contributed by atoms with Crippen molar-refractivity contribution >= 4 is 51.5 Å². The number of halogens is 5. The Morgan fingerprint density at radius 2 is 1.71 bits per heavy atom. The zero-order valence-electron chi connectivity index (χ0n) is 11.7. The van der Waals surface area contributed by atoms with E-state index < -0.39 is 23.5 Å². The van der Waals surface area contributed by atoms with Gasteiger partial charge in [0.1, 0.15) is 5.82 Å². The number of anilines is 1. The lowest BCUT2D eigenvalue weighted by molar-refractivity contribution is -0.137. The predicted octanol–water partition coefficient (Wildman–Crippen LogP) is 4.58. The first-order valence-electron chi connectivity index (χ1n) is 6.41. The summed E-state index contributed by atoms with van der Waals surface area (Å²) in [6, 6.07) is 8.31. The zero-order chi connectivity index (χ0) is 17.9. The van der Waals surface area contributed by atoms with E-state index in [-0.39, 0.29) is 16.4 Å². The molecule has 2 N–H and O–H groups in total. The number of benzene rings is 2. The Kier molecular flexibility index (Phi) is 5.75. The second-order valence-electron chi connectivity index (χ2n) is 4.60. The van der Waals surface area contributed by atoms with Crippen molar-refractivity contribution in [3.8, 4) is 0 Å². The Labute approximate surface area is 153 Å². The molecule has 24 heavy (non-hydrogen) atoms. The van der Waals surface area contributed by atoms with Crippen molar-refractivity contribution in [1.29, 1.82) is 0 Å². The number of amides is 1. The quantitative estimate of drug-likeness (QED) is 0.386. The van der Waals surface area contributed by atoms with Gasteiger partial charge in [0.15, 0.2) is 5.11 Å². The Morgan fingerprint density at radius 3 is 2.29 bits per heavy atom. The van der Waals surface area contributed by atoms with Crippen LogP contribution in [0.4, 0.5) is 23.2 Å². The fourth-order valence-electron chi connectivity index (χ4n) is 1.79. The summed E-state index contributed by atoms with van der Waals surface area (Å²) in [5.41, 5.74) is -1.04. The molecule has 3 nitrogen and oxygen atoms in total. The van der Waals surface area contributed by atoms with E-state index in [0.29, 0.717) is 3.57 Å². The molecule has 0 aliphatic heterocycles. The second kappa shape index (κ2) is 7.43. The minimum atomic E-state index is -4.57. The molecule has 0 aliphatic carbocycles. The second-order valence-corrected chi connectivity index (χ2v) is 6.26. The molecule has 0 radical (unpaired) electrons. The average molecular weight is 468 g/mol. The van der Waals surface area contributed by atoms with Crippen molar-refractivity contribution in [1.82, 2.24) is 5.32 Å². The summed E-state index contributed by atoms with van der Waals surface area (Å²) in [6.45, 7) is 0. The van der Waals surface area contributed by atoms with Crippen molar-refractivity contribution in [2.24, 2.45) is 0 Å². The lowest BCUT2D eigenvalue weighted by atomic mass is 10.1. The van der Waals surface area contributed by atoms with Crippen LogP contribution < -0.4 is 10.6 Å². The van der Waals surface area contributed by atoms with Crippen LogP contribution in [0.2, 0.25) is 0 Å². The Bertz CT molecular complexity index is 778. The number of hydrogen-bond acceptors (Lipinski definition) is 2. The minimum Gasteiger partial charge on any atom is -0.332 e. The van der Waals surface area contributed by atoms with E-state index in [4.69, 9.17) is 12.2 Å². The lowest BCUT2D eigenvalue weighted by Gasteiger charge is -2.16. The maximum absolute atomic E-state index is 13.0. The third kappa shape index (κ3) is 4.87. The van der Waals surface area contributed by atoms with Crippen LogP contribution in [0.25, 0.3) is 0 Å². The highest BCUT2D eigenvalue weighted by Crippen LogP contribution is 2.35. The van der Waals surface area contributed by atoms with Gasteiger partial charge >= 0.3 is 6.18 Å². The summed E-state index contributed by atoms with van der Waals surface area (Å²) in [5.74, 6) is -1.17. The topological polar surface area (TPSA) is 41.1 Å². The highest BCUT2D eigenvalue weighted by atomic mass is 127. The van der Waals surface area contributed by atoms with Crippen LogP contribution in [-0.4, -0.2) is 11.0 Å². The van der Waals surface area contributed by atoms with E-state index in [9.17, 15) is 22.4 Å². The fourth-order valence-corrected chi connectivity index (χ4v) is 2.48. The molecule has 2 aromatic rings. The maximum Gasteiger partial charge on any atom is 0.418 e. The summed E-state index contributed by atoms with van der Waals surface area (Å²) >= 11 is 6.63. The molecule has 0 saturated carbocycles. The number of carbonyl (C=O) groups is 1. The number of thiocarbonyl (C=S) groups is 1. The molecule has 9 heteroatoms. The van der Waals surface area contributed by atoms with E-state index in [2.05, 4.69) is 10.6 Å². The standard InChI is InChI=1S/C15H9F4IN2OS/c16-9-3-1-8(2-4-9)13(23)22-14(24)21-12-6-5-10(20)7-11(12)15(17,18)19/h1-7H,(H2,21,22,23,24). The molecule has 2 aromatic carbocycles. The molecule has 0 unspecified atom stereocenters. The maximum atomic E-state index is 13.0. The molecule has 126 valence electrons. The van der Waals surface area contributed by atoms with Crippen LogP contribution in [0, 0.1) is 9.39 Å². The molecule has 0 fully saturated rings. The smallest absolute Gasteiger partial charge is 0.332 e. The van der Waals surface area contributed by atoms with E-state index in [1.165, 1.54) is 24.3 Å². The molecular weight excluding hydrogens is 459 g/mol. The van der Waals surface area contributed by atoms with Gasteiger partial charge in [0.25, 0.3) is 5.91 Å². The van der Waals surface area contributed by atoms with Crippen LogP contribution in [-0.2, 0) is 6.18 Å². The van der Waals surface area contributed by atoms with Crippen LogP contribution in [0.15, 0.2) is 42.5 Å². The van der Waals surface area contributed by atoms with E-state index >= 15 is 0 Å². The molecule has 1 amide bonds. The van der Waals surface area contributed by atoms with Gasteiger partial charge < -0.3 is 5.32 Å². The van der Waals surface area contributed by atoms with E-state index in [1.54, 1.807) is 22.6 Å². The van der Waals surface area contributed by atoms with Gasteiger partial charge in [-0.3, -0.25) is 10.1 Å². The van der Waals surface area contributed by atoms with Gasteiger partial charge in [0.2, 0.25) is 0 Å². The van der Waals surface area contributed by atoms with Crippen molar-refractivity contribution in [3.63, 3.8) is 0 Å². The monoisotopic (exact) mass is 468 g/mol. The number of nitrogens with one attached hydrogen (secondary N) is 2. The van der Waals surface area contributed by atoms with Crippen LogP contribution >= 0.6 is 34.8 Å². The first kappa shape index (κ1) is 18.6. The number of hydrogen-bond donors (Lipinski definition) is 2. The van der Waals surface area contributed by atoms with Gasteiger partial charge in [-0.05, 0) is 77.3 Å². The summed E-state index contributed by atoms with van der Waals surface area (Å²) in [7, 11) is 0. The molecule has 0 aromatic heterocycles. The summed E-state index contributed by atoms with van der Waals surface area (Å²) < 4.78 is 52.3. The third-order valence-electron chi connectivity index (χ3n) is 2.87. The first-order valence-corrected chi connectivity index (χ1v) is 7.90. The van der Waals surface area contributed by atoms with Crippen molar-refractivity contribution < 1.29 is 22.4 Å². The highest BCUT2D eigenvalue weighted by Gasteiger charge is 2.34. The number of rotatable bonds is 2. The average Bonchev–Trinajstić information content (AvgIpc) is 2.48. The largest absolute Gasteiger partial charge is 0.418 e.